The number of nitrogens with zero attached hydrogens (tertiary/aromatic N) is 1. The Bertz CT molecular complexity index is 588. The SMILES string of the molecule is COc1cccc([C@@H]2CN(C(=O)C(F)(F)F)C[C@H]2C(=O)O)c1. The molecule has 0 unspecified atom stereocenters. The van der Waals surface area contributed by atoms with Crippen LogP contribution in [0.2, 0.25) is 0 Å². The third-order valence-corrected chi connectivity index (χ3v) is 3.69. The van der Waals surface area contributed by atoms with Crippen LogP contribution in [0.15, 0.2) is 24.3 Å². The first-order chi connectivity index (χ1) is 10.2. The number of methoxy groups -OCH3 is 1. The number of benzene rings is 1. The molecule has 8 heteroatoms. The average Bonchev–Trinajstić information content (AvgIpc) is 2.90. The number of aliphatic carboxylic acids is 1. The fourth-order valence-electron chi connectivity index (χ4n) is 2.61. The highest BCUT2D eigenvalue weighted by molar-refractivity contribution is 5.84. The molecule has 2 atom stereocenters. The van der Waals surface area contributed by atoms with E-state index in [0.717, 1.165) is 0 Å². The molecule has 1 aromatic rings. The molecule has 22 heavy (non-hydrogen) atoms. The first kappa shape index (κ1) is 16.1. The van der Waals surface area contributed by atoms with Gasteiger partial charge in [0.1, 0.15) is 5.75 Å². The zero-order valence-corrected chi connectivity index (χ0v) is 11.6. The summed E-state index contributed by atoms with van der Waals surface area (Å²) in [6, 6.07) is 6.46. The van der Waals surface area contributed by atoms with Crippen molar-refractivity contribution in [3.05, 3.63) is 29.8 Å². The number of hydrogen-bond acceptors (Lipinski definition) is 3. The Labute approximate surface area is 124 Å². The highest BCUT2D eigenvalue weighted by Crippen LogP contribution is 2.36. The number of carbonyl (C=O) groups is 2. The lowest BCUT2D eigenvalue weighted by atomic mass is 9.89. The Kier molecular flexibility index (Phi) is 4.30. The number of likely N-dealkylation sites (tertiary alicyclic amines) is 1. The van der Waals surface area contributed by atoms with Crippen molar-refractivity contribution in [1.82, 2.24) is 4.90 Å². The first-order valence-corrected chi connectivity index (χ1v) is 6.47. The minimum Gasteiger partial charge on any atom is -0.497 e. The monoisotopic (exact) mass is 317 g/mol. The molecule has 0 spiro atoms. The topological polar surface area (TPSA) is 66.8 Å². The minimum absolute atomic E-state index is 0.289. The highest BCUT2D eigenvalue weighted by Gasteiger charge is 2.48. The number of carbonyl (C=O) groups excluding carboxylic acids is 1. The quantitative estimate of drug-likeness (QED) is 0.924. The molecular formula is C14H14F3NO4. The third kappa shape index (κ3) is 3.15. The van der Waals surface area contributed by atoms with Crippen molar-refractivity contribution in [1.29, 1.82) is 0 Å². The average molecular weight is 317 g/mol. The van der Waals surface area contributed by atoms with Crippen molar-refractivity contribution in [2.75, 3.05) is 20.2 Å². The second kappa shape index (κ2) is 5.86. The molecule has 5 nitrogen and oxygen atoms in total. The van der Waals surface area contributed by atoms with Gasteiger partial charge in [-0.25, -0.2) is 0 Å². The molecule has 0 aromatic heterocycles. The fraction of sp³-hybridized carbons (Fsp3) is 0.429. The van der Waals surface area contributed by atoms with E-state index < -0.39 is 36.4 Å². The molecule has 2 rings (SSSR count). The molecule has 1 amide bonds. The van der Waals surface area contributed by atoms with Gasteiger partial charge in [-0.05, 0) is 17.7 Å². The van der Waals surface area contributed by atoms with Crippen LogP contribution in [0.3, 0.4) is 0 Å². The van der Waals surface area contributed by atoms with Crippen LogP contribution in [0, 0.1) is 5.92 Å². The fourth-order valence-corrected chi connectivity index (χ4v) is 2.61. The van der Waals surface area contributed by atoms with Crippen LogP contribution in [0.1, 0.15) is 11.5 Å². The molecule has 1 saturated heterocycles. The molecule has 1 N–H and O–H groups in total. The van der Waals surface area contributed by atoms with E-state index in [9.17, 15) is 27.9 Å². The van der Waals surface area contributed by atoms with Crippen LogP contribution in [0.4, 0.5) is 13.2 Å². The van der Waals surface area contributed by atoms with Crippen molar-refractivity contribution >= 4 is 11.9 Å². The van der Waals surface area contributed by atoms with Crippen molar-refractivity contribution in [2.45, 2.75) is 12.1 Å². The van der Waals surface area contributed by atoms with Crippen molar-refractivity contribution < 1.29 is 32.6 Å². The van der Waals surface area contributed by atoms with E-state index in [-0.39, 0.29) is 6.54 Å². The summed E-state index contributed by atoms with van der Waals surface area (Å²) >= 11 is 0. The van der Waals surface area contributed by atoms with E-state index in [1.54, 1.807) is 24.3 Å². The molecule has 1 aliphatic rings. The minimum atomic E-state index is -5.01. The summed E-state index contributed by atoms with van der Waals surface area (Å²) in [7, 11) is 1.43. The summed E-state index contributed by atoms with van der Waals surface area (Å²) in [5.74, 6) is -4.56. The molecule has 1 aliphatic heterocycles. The number of amides is 1. The summed E-state index contributed by atoms with van der Waals surface area (Å²) in [6.07, 6.45) is -5.01. The number of carboxylic acids is 1. The van der Waals surface area contributed by atoms with Gasteiger partial charge in [0.15, 0.2) is 0 Å². The van der Waals surface area contributed by atoms with Gasteiger partial charge in [-0.15, -0.1) is 0 Å². The molecule has 0 saturated carbocycles. The maximum Gasteiger partial charge on any atom is 0.471 e. The normalized spacial score (nSPS) is 21.7. The Morgan fingerprint density at radius 3 is 2.55 bits per heavy atom. The molecule has 1 heterocycles. The third-order valence-electron chi connectivity index (χ3n) is 3.69. The Morgan fingerprint density at radius 1 is 1.32 bits per heavy atom. The van der Waals surface area contributed by atoms with Gasteiger partial charge >= 0.3 is 18.1 Å². The van der Waals surface area contributed by atoms with Gasteiger partial charge in [0.2, 0.25) is 0 Å². The molecule has 0 bridgehead atoms. The molecule has 120 valence electrons. The largest absolute Gasteiger partial charge is 0.497 e. The van der Waals surface area contributed by atoms with E-state index in [4.69, 9.17) is 4.74 Å². The Morgan fingerprint density at radius 2 is 2.00 bits per heavy atom. The predicted octanol–water partition coefficient (Wildman–Crippen LogP) is 1.88. The lowest BCUT2D eigenvalue weighted by Crippen LogP contribution is -2.40. The van der Waals surface area contributed by atoms with Gasteiger partial charge in [-0.1, -0.05) is 12.1 Å². The Balaban J connectivity index is 2.29. The number of carboxylic acid groups (broad SMARTS) is 1. The summed E-state index contributed by atoms with van der Waals surface area (Å²) in [5.41, 5.74) is 0.532. The zero-order chi connectivity index (χ0) is 16.5. The molecule has 0 radical (unpaired) electrons. The molecule has 1 fully saturated rings. The van der Waals surface area contributed by atoms with Gasteiger partial charge in [-0.2, -0.15) is 13.2 Å². The Hall–Kier alpha value is -2.25. The van der Waals surface area contributed by atoms with Gasteiger partial charge in [0.05, 0.1) is 13.0 Å². The highest BCUT2D eigenvalue weighted by atomic mass is 19.4. The predicted molar refractivity (Wildman–Crippen MR) is 69.5 cm³/mol. The van der Waals surface area contributed by atoms with Crippen molar-refractivity contribution in [3.8, 4) is 5.75 Å². The number of hydrogen-bond donors (Lipinski definition) is 1. The number of alkyl halides is 3. The number of halogens is 3. The van der Waals surface area contributed by atoms with E-state index in [1.165, 1.54) is 7.11 Å². The standard InChI is InChI=1S/C14H14F3NO4/c1-22-9-4-2-3-8(5-9)10-6-18(7-11(10)12(19)20)13(21)14(15,16)17/h2-5,10-11H,6-7H2,1H3,(H,19,20)/t10-,11+/m0/s1. The van der Waals surface area contributed by atoms with Crippen LogP contribution < -0.4 is 4.74 Å². The summed E-state index contributed by atoms with van der Waals surface area (Å²) in [6.45, 7) is -0.752. The smallest absolute Gasteiger partial charge is 0.471 e. The van der Waals surface area contributed by atoms with Gasteiger partial charge in [-0.3, -0.25) is 9.59 Å². The zero-order valence-electron chi connectivity index (χ0n) is 11.6. The van der Waals surface area contributed by atoms with Crippen LogP contribution in [-0.4, -0.2) is 48.3 Å². The van der Waals surface area contributed by atoms with E-state index in [1.807, 2.05) is 0 Å². The van der Waals surface area contributed by atoms with Crippen LogP contribution in [0.25, 0.3) is 0 Å². The lowest BCUT2D eigenvalue weighted by molar-refractivity contribution is -0.184. The van der Waals surface area contributed by atoms with Crippen molar-refractivity contribution in [3.63, 3.8) is 0 Å². The lowest BCUT2D eigenvalue weighted by Gasteiger charge is -2.18. The van der Waals surface area contributed by atoms with Gasteiger partial charge in [0, 0.05) is 19.0 Å². The number of rotatable bonds is 3. The first-order valence-electron chi connectivity index (χ1n) is 6.47. The summed E-state index contributed by atoms with van der Waals surface area (Å²) in [4.78, 5) is 23.2. The van der Waals surface area contributed by atoms with Gasteiger partial charge < -0.3 is 14.7 Å². The van der Waals surface area contributed by atoms with Crippen LogP contribution >= 0.6 is 0 Å². The second-order valence-electron chi connectivity index (χ2n) is 5.04. The van der Waals surface area contributed by atoms with Crippen LogP contribution in [0.5, 0.6) is 5.75 Å². The molecule has 1 aromatic carbocycles. The number of ether oxygens (including phenoxy) is 1. The van der Waals surface area contributed by atoms with Crippen LogP contribution in [-0.2, 0) is 9.59 Å². The summed E-state index contributed by atoms with van der Waals surface area (Å²) < 4.78 is 42.6. The maximum absolute atomic E-state index is 12.5. The van der Waals surface area contributed by atoms with Crippen molar-refractivity contribution in [2.24, 2.45) is 5.92 Å². The van der Waals surface area contributed by atoms with E-state index in [0.29, 0.717) is 16.2 Å². The van der Waals surface area contributed by atoms with E-state index in [2.05, 4.69) is 0 Å². The van der Waals surface area contributed by atoms with Gasteiger partial charge in [0.25, 0.3) is 0 Å². The van der Waals surface area contributed by atoms with E-state index >= 15 is 0 Å². The maximum atomic E-state index is 12.5. The molecular weight excluding hydrogens is 303 g/mol. The summed E-state index contributed by atoms with van der Waals surface area (Å²) in [5, 5.41) is 9.22. The molecule has 0 aliphatic carbocycles. The second-order valence-corrected chi connectivity index (χ2v) is 5.04.